The molecule has 0 atom stereocenters. The van der Waals surface area contributed by atoms with Gasteiger partial charge in [-0.2, -0.15) is 17.9 Å². The summed E-state index contributed by atoms with van der Waals surface area (Å²) in [4.78, 5) is 3.14. The highest BCUT2D eigenvalue weighted by molar-refractivity contribution is 7.87. The molecule has 0 amide bonds. The predicted molar refractivity (Wildman–Crippen MR) is 79.4 cm³/mol. The predicted octanol–water partition coefficient (Wildman–Crippen LogP) is 2.03. The highest BCUT2D eigenvalue weighted by Gasteiger charge is 2.21. The summed E-state index contributed by atoms with van der Waals surface area (Å²) in [5, 5.41) is 1.05. The first kappa shape index (κ1) is 13.6. The zero-order valence-electron chi connectivity index (χ0n) is 11.2. The second kappa shape index (κ2) is 5.55. The first-order valence-corrected chi connectivity index (χ1v) is 8.44. The highest BCUT2D eigenvalue weighted by atomic mass is 32.2. The van der Waals surface area contributed by atoms with Crippen LogP contribution in [0.2, 0.25) is 0 Å². The fourth-order valence-electron chi connectivity index (χ4n) is 2.76. The second-order valence-electron chi connectivity index (χ2n) is 5.28. The monoisotopic (exact) mass is 293 g/mol. The summed E-state index contributed by atoms with van der Waals surface area (Å²) in [7, 11) is -3.42. The summed E-state index contributed by atoms with van der Waals surface area (Å²) in [5.74, 6) is 0. The van der Waals surface area contributed by atoms with Gasteiger partial charge in [-0.15, -0.1) is 0 Å². The Labute approximate surface area is 119 Å². The van der Waals surface area contributed by atoms with Crippen molar-refractivity contribution in [1.29, 1.82) is 0 Å². The Morgan fingerprint density at radius 1 is 1.20 bits per heavy atom. The Bertz CT molecular complexity index is 687. The van der Waals surface area contributed by atoms with Crippen LogP contribution in [0.5, 0.6) is 0 Å². The van der Waals surface area contributed by atoms with E-state index in [1.165, 1.54) is 0 Å². The van der Waals surface area contributed by atoms with Crippen molar-refractivity contribution in [2.24, 2.45) is 0 Å². The van der Waals surface area contributed by atoms with Gasteiger partial charge in [-0.25, -0.2) is 0 Å². The van der Waals surface area contributed by atoms with Crippen LogP contribution in [-0.4, -0.2) is 19.4 Å². The molecule has 5 nitrogen and oxygen atoms in total. The lowest BCUT2D eigenvalue weighted by Crippen LogP contribution is -2.41. The Morgan fingerprint density at radius 3 is 2.75 bits per heavy atom. The molecule has 1 aromatic heterocycles. The summed E-state index contributed by atoms with van der Waals surface area (Å²) in [6, 6.07) is 7.96. The number of hydrogen-bond donors (Lipinski definition) is 3. The van der Waals surface area contributed by atoms with Crippen molar-refractivity contribution in [3.63, 3.8) is 0 Å². The molecule has 1 heterocycles. The van der Waals surface area contributed by atoms with E-state index in [4.69, 9.17) is 0 Å². The average molecular weight is 293 g/mol. The zero-order chi connectivity index (χ0) is 14.0. The lowest BCUT2D eigenvalue weighted by molar-refractivity contribution is 0.539. The third kappa shape index (κ3) is 3.03. The Hall–Kier alpha value is -1.37. The molecule has 1 aromatic carbocycles. The van der Waals surface area contributed by atoms with Crippen LogP contribution in [0.3, 0.4) is 0 Å². The van der Waals surface area contributed by atoms with Crippen molar-refractivity contribution < 1.29 is 8.42 Å². The number of fused-ring (bicyclic) bond motifs is 1. The molecule has 2 aromatic rings. The molecular formula is C14H19N3O2S. The van der Waals surface area contributed by atoms with Crippen molar-refractivity contribution in [3.05, 3.63) is 36.0 Å². The quantitative estimate of drug-likeness (QED) is 0.789. The summed E-state index contributed by atoms with van der Waals surface area (Å²) < 4.78 is 29.3. The molecule has 0 radical (unpaired) electrons. The van der Waals surface area contributed by atoms with Gasteiger partial charge in [-0.3, -0.25) is 0 Å². The Kier molecular flexibility index (Phi) is 3.78. The molecule has 1 fully saturated rings. The van der Waals surface area contributed by atoms with E-state index in [0.29, 0.717) is 6.54 Å². The van der Waals surface area contributed by atoms with Crippen LogP contribution in [0, 0.1) is 0 Å². The van der Waals surface area contributed by atoms with E-state index in [2.05, 4.69) is 14.4 Å². The number of aromatic amines is 1. The maximum absolute atomic E-state index is 12.0. The number of hydrogen-bond acceptors (Lipinski definition) is 2. The minimum absolute atomic E-state index is 0.0930. The third-order valence-electron chi connectivity index (χ3n) is 3.80. The number of benzene rings is 1. The van der Waals surface area contributed by atoms with Crippen LogP contribution in [0.4, 0.5) is 0 Å². The minimum Gasteiger partial charge on any atom is -0.361 e. The second-order valence-corrected chi connectivity index (χ2v) is 6.81. The number of aromatic nitrogens is 1. The van der Waals surface area contributed by atoms with Gasteiger partial charge in [0.05, 0.1) is 0 Å². The molecule has 1 aliphatic carbocycles. The van der Waals surface area contributed by atoms with Crippen molar-refractivity contribution >= 4 is 21.1 Å². The number of nitrogens with one attached hydrogen (secondary N) is 3. The topological polar surface area (TPSA) is 74.0 Å². The number of rotatable bonds is 5. The molecule has 3 rings (SSSR count). The molecule has 3 N–H and O–H groups in total. The maximum atomic E-state index is 12.0. The molecule has 0 aliphatic heterocycles. The highest BCUT2D eigenvalue weighted by Crippen LogP contribution is 2.19. The molecule has 1 saturated carbocycles. The van der Waals surface area contributed by atoms with Crippen LogP contribution in [-0.2, 0) is 16.8 Å². The standard InChI is InChI=1S/C14H19N3O2S/c18-20(19,17-12-5-1-2-6-12)16-10-11-9-15-14-8-4-3-7-13(11)14/h3-4,7-9,12,15-17H,1-2,5-6,10H2. The van der Waals surface area contributed by atoms with E-state index in [-0.39, 0.29) is 6.04 Å². The molecule has 0 saturated heterocycles. The first-order valence-electron chi connectivity index (χ1n) is 6.96. The minimum atomic E-state index is -3.42. The summed E-state index contributed by atoms with van der Waals surface area (Å²) in [6.45, 7) is 0.298. The lowest BCUT2D eigenvalue weighted by Gasteiger charge is -2.13. The summed E-state index contributed by atoms with van der Waals surface area (Å²) in [5.41, 5.74) is 1.97. The maximum Gasteiger partial charge on any atom is 0.277 e. The van der Waals surface area contributed by atoms with Crippen LogP contribution in [0.15, 0.2) is 30.5 Å². The van der Waals surface area contributed by atoms with Gasteiger partial charge in [0.25, 0.3) is 10.2 Å². The smallest absolute Gasteiger partial charge is 0.277 e. The van der Waals surface area contributed by atoms with Gasteiger partial charge >= 0.3 is 0 Å². The van der Waals surface area contributed by atoms with Crippen molar-refractivity contribution in [3.8, 4) is 0 Å². The normalized spacial score (nSPS) is 17.0. The van der Waals surface area contributed by atoms with Gasteiger partial charge in [0.2, 0.25) is 0 Å². The summed E-state index contributed by atoms with van der Waals surface area (Å²) in [6.07, 6.45) is 5.94. The van der Waals surface area contributed by atoms with Crippen LogP contribution < -0.4 is 9.44 Å². The van der Waals surface area contributed by atoms with Gasteiger partial charge in [0, 0.05) is 29.7 Å². The SMILES string of the molecule is O=S(=O)(NCc1c[nH]c2ccccc12)NC1CCCC1. The fraction of sp³-hybridized carbons (Fsp3) is 0.429. The van der Waals surface area contributed by atoms with E-state index < -0.39 is 10.2 Å². The lowest BCUT2D eigenvalue weighted by atomic mass is 10.2. The van der Waals surface area contributed by atoms with Gasteiger partial charge < -0.3 is 4.98 Å². The van der Waals surface area contributed by atoms with E-state index >= 15 is 0 Å². The zero-order valence-corrected chi connectivity index (χ0v) is 12.0. The molecule has 20 heavy (non-hydrogen) atoms. The molecule has 0 unspecified atom stereocenters. The molecule has 0 spiro atoms. The number of H-pyrrole nitrogens is 1. The van der Waals surface area contributed by atoms with E-state index in [0.717, 1.165) is 42.1 Å². The van der Waals surface area contributed by atoms with Crippen molar-refractivity contribution in [1.82, 2.24) is 14.4 Å². The van der Waals surface area contributed by atoms with Gasteiger partial charge in [-0.05, 0) is 24.5 Å². The van der Waals surface area contributed by atoms with Crippen LogP contribution >= 0.6 is 0 Å². The van der Waals surface area contributed by atoms with Crippen LogP contribution in [0.1, 0.15) is 31.2 Å². The molecular weight excluding hydrogens is 274 g/mol. The molecule has 108 valence electrons. The Morgan fingerprint density at radius 2 is 1.95 bits per heavy atom. The Balaban J connectivity index is 1.66. The number of para-hydroxylation sites is 1. The average Bonchev–Trinajstić information content (AvgIpc) is 3.05. The van der Waals surface area contributed by atoms with Gasteiger partial charge in [0.1, 0.15) is 0 Å². The largest absolute Gasteiger partial charge is 0.361 e. The molecule has 0 bridgehead atoms. The molecule has 6 heteroatoms. The van der Waals surface area contributed by atoms with Gasteiger partial charge in [0.15, 0.2) is 0 Å². The van der Waals surface area contributed by atoms with Crippen molar-refractivity contribution in [2.75, 3.05) is 0 Å². The third-order valence-corrected chi connectivity index (χ3v) is 4.97. The van der Waals surface area contributed by atoms with Crippen molar-refractivity contribution in [2.45, 2.75) is 38.3 Å². The summed E-state index contributed by atoms with van der Waals surface area (Å²) >= 11 is 0. The fourth-order valence-corrected chi connectivity index (χ4v) is 3.86. The van der Waals surface area contributed by atoms with E-state index in [9.17, 15) is 8.42 Å². The van der Waals surface area contributed by atoms with Crippen LogP contribution in [0.25, 0.3) is 10.9 Å². The van der Waals surface area contributed by atoms with Gasteiger partial charge in [-0.1, -0.05) is 31.0 Å². The van der Waals surface area contributed by atoms with E-state index in [1.807, 2.05) is 30.5 Å². The molecule has 1 aliphatic rings. The first-order chi connectivity index (χ1) is 9.64. The van der Waals surface area contributed by atoms with E-state index in [1.54, 1.807) is 0 Å².